The van der Waals surface area contributed by atoms with Crippen molar-refractivity contribution >= 4 is 5.91 Å². The fourth-order valence-electron chi connectivity index (χ4n) is 3.54. The molecule has 0 N–H and O–H groups in total. The molecule has 0 bridgehead atoms. The van der Waals surface area contributed by atoms with Crippen LogP contribution < -0.4 is 0 Å². The molecule has 0 saturated carbocycles. The number of unbranched alkanes of at least 4 members (excludes halogenated alkanes) is 1. The maximum atomic E-state index is 12.1. The lowest BCUT2D eigenvalue weighted by Crippen LogP contribution is -2.67. The van der Waals surface area contributed by atoms with Crippen molar-refractivity contribution in [2.45, 2.75) is 64.3 Å². The first kappa shape index (κ1) is 17.4. The van der Waals surface area contributed by atoms with Gasteiger partial charge in [-0.25, -0.2) is 0 Å². The van der Waals surface area contributed by atoms with E-state index in [-0.39, 0.29) is 17.6 Å². The molecule has 2 aliphatic heterocycles. The maximum Gasteiger partial charge on any atom is 0.222 e. The van der Waals surface area contributed by atoms with Crippen LogP contribution in [0.5, 0.6) is 0 Å². The SMILES string of the molecule is CCCCC(=O)N1CC2(C[C@@H](OCc3cccc(C)n3)CCO2)C1. The van der Waals surface area contributed by atoms with Gasteiger partial charge in [0.25, 0.3) is 0 Å². The Kier molecular flexibility index (Phi) is 5.51. The zero-order chi connectivity index (χ0) is 17.0. The summed E-state index contributed by atoms with van der Waals surface area (Å²) in [6.07, 6.45) is 4.66. The molecule has 1 aromatic heterocycles. The van der Waals surface area contributed by atoms with E-state index in [1.807, 2.05) is 30.0 Å². The Balaban J connectivity index is 1.46. The summed E-state index contributed by atoms with van der Waals surface area (Å²) in [4.78, 5) is 18.5. The van der Waals surface area contributed by atoms with E-state index in [0.717, 1.165) is 50.2 Å². The summed E-state index contributed by atoms with van der Waals surface area (Å²) in [5.41, 5.74) is 1.81. The number of hydrogen-bond acceptors (Lipinski definition) is 4. The normalized spacial score (nSPS) is 22.4. The van der Waals surface area contributed by atoms with Crippen LogP contribution in [0.3, 0.4) is 0 Å². The lowest BCUT2D eigenvalue weighted by molar-refractivity contribution is -0.202. The van der Waals surface area contributed by atoms with Crippen molar-refractivity contribution in [1.82, 2.24) is 9.88 Å². The lowest BCUT2D eigenvalue weighted by Gasteiger charge is -2.53. The number of rotatable bonds is 6. The van der Waals surface area contributed by atoms with Gasteiger partial charge in [0.05, 0.1) is 31.5 Å². The minimum atomic E-state index is -0.176. The number of aryl methyl sites for hydroxylation is 1. The van der Waals surface area contributed by atoms with E-state index >= 15 is 0 Å². The Hall–Kier alpha value is -1.46. The highest BCUT2D eigenvalue weighted by Crippen LogP contribution is 2.36. The van der Waals surface area contributed by atoms with Crippen LogP contribution in [-0.2, 0) is 20.9 Å². The Morgan fingerprint density at radius 1 is 1.46 bits per heavy atom. The van der Waals surface area contributed by atoms with E-state index < -0.39 is 0 Å². The van der Waals surface area contributed by atoms with Gasteiger partial charge in [-0.1, -0.05) is 19.4 Å². The highest BCUT2D eigenvalue weighted by molar-refractivity contribution is 5.77. The van der Waals surface area contributed by atoms with Crippen LogP contribution in [0.1, 0.15) is 50.4 Å². The molecule has 1 atom stereocenters. The van der Waals surface area contributed by atoms with Gasteiger partial charge in [0, 0.05) is 25.1 Å². The van der Waals surface area contributed by atoms with Crippen molar-refractivity contribution in [3.63, 3.8) is 0 Å². The first-order chi connectivity index (χ1) is 11.6. The number of aromatic nitrogens is 1. The smallest absolute Gasteiger partial charge is 0.222 e. The van der Waals surface area contributed by atoms with Gasteiger partial charge in [-0.05, 0) is 31.9 Å². The third-order valence-electron chi connectivity index (χ3n) is 4.92. The topological polar surface area (TPSA) is 51.7 Å². The molecule has 2 aliphatic rings. The van der Waals surface area contributed by atoms with E-state index in [0.29, 0.717) is 19.6 Å². The third-order valence-corrected chi connectivity index (χ3v) is 4.92. The zero-order valence-corrected chi connectivity index (χ0v) is 14.8. The van der Waals surface area contributed by atoms with Gasteiger partial charge in [-0.2, -0.15) is 0 Å². The van der Waals surface area contributed by atoms with Gasteiger partial charge in [0.15, 0.2) is 0 Å². The molecular formula is C19H28N2O3. The van der Waals surface area contributed by atoms with Gasteiger partial charge in [0.2, 0.25) is 5.91 Å². The molecule has 3 rings (SSSR count). The molecule has 2 saturated heterocycles. The summed E-state index contributed by atoms with van der Waals surface area (Å²) >= 11 is 0. The molecule has 3 heterocycles. The third kappa shape index (κ3) is 4.14. The maximum absolute atomic E-state index is 12.1. The molecule has 5 heteroatoms. The fraction of sp³-hybridized carbons (Fsp3) is 0.684. The summed E-state index contributed by atoms with van der Waals surface area (Å²) in [6, 6.07) is 6.00. The van der Waals surface area contributed by atoms with Gasteiger partial charge in [-0.15, -0.1) is 0 Å². The van der Waals surface area contributed by atoms with Crippen LogP contribution >= 0.6 is 0 Å². The van der Waals surface area contributed by atoms with Crippen LogP contribution in [0.2, 0.25) is 0 Å². The molecular weight excluding hydrogens is 304 g/mol. The minimum Gasteiger partial charge on any atom is -0.372 e. The van der Waals surface area contributed by atoms with Crippen molar-refractivity contribution in [1.29, 1.82) is 0 Å². The highest BCUT2D eigenvalue weighted by Gasteiger charge is 2.49. The Labute approximate surface area is 144 Å². The van der Waals surface area contributed by atoms with E-state index in [4.69, 9.17) is 9.47 Å². The molecule has 5 nitrogen and oxygen atoms in total. The van der Waals surface area contributed by atoms with Crippen molar-refractivity contribution in [3.8, 4) is 0 Å². The first-order valence-corrected chi connectivity index (χ1v) is 9.06. The monoisotopic (exact) mass is 332 g/mol. The summed E-state index contributed by atoms with van der Waals surface area (Å²) in [7, 11) is 0. The van der Waals surface area contributed by atoms with E-state index in [2.05, 4.69) is 11.9 Å². The molecule has 1 amide bonds. The van der Waals surface area contributed by atoms with Crippen molar-refractivity contribution in [3.05, 3.63) is 29.6 Å². The summed E-state index contributed by atoms with van der Waals surface area (Å²) in [5, 5.41) is 0. The summed E-state index contributed by atoms with van der Waals surface area (Å²) in [5.74, 6) is 0.262. The second-order valence-corrected chi connectivity index (χ2v) is 7.08. The van der Waals surface area contributed by atoms with Crippen molar-refractivity contribution in [2.24, 2.45) is 0 Å². The number of likely N-dealkylation sites (tertiary alicyclic amines) is 1. The Bertz CT molecular complexity index is 569. The molecule has 24 heavy (non-hydrogen) atoms. The van der Waals surface area contributed by atoms with Crippen molar-refractivity contribution < 1.29 is 14.3 Å². The molecule has 1 aromatic rings. The number of carbonyl (C=O) groups is 1. The first-order valence-electron chi connectivity index (χ1n) is 9.06. The number of nitrogens with zero attached hydrogens (tertiary/aromatic N) is 2. The molecule has 0 radical (unpaired) electrons. The molecule has 0 aromatic carbocycles. The van der Waals surface area contributed by atoms with E-state index in [9.17, 15) is 4.79 Å². The van der Waals surface area contributed by atoms with E-state index in [1.54, 1.807) is 0 Å². The molecule has 132 valence electrons. The zero-order valence-electron chi connectivity index (χ0n) is 14.8. The number of ether oxygens (including phenoxy) is 2. The number of amides is 1. The average Bonchev–Trinajstić information content (AvgIpc) is 2.56. The largest absolute Gasteiger partial charge is 0.372 e. The molecule has 1 spiro atoms. The van der Waals surface area contributed by atoms with Gasteiger partial charge >= 0.3 is 0 Å². The van der Waals surface area contributed by atoms with E-state index in [1.165, 1.54) is 0 Å². The minimum absolute atomic E-state index is 0.176. The molecule has 2 fully saturated rings. The second-order valence-electron chi connectivity index (χ2n) is 7.08. The summed E-state index contributed by atoms with van der Waals surface area (Å²) in [6.45, 7) is 6.80. The quantitative estimate of drug-likeness (QED) is 0.804. The standard InChI is InChI=1S/C19H28N2O3/c1-3-4-8-18(22)21-13-19(14-21)11-17(9-10-24-19)23-12-16-7-5-6-15(2)20-16/h5-7,17H,3-4,8-14H2,1-2H3/t17-/m0/s1. The number of hydrogen-bond donors (Lipinski definition) is 0. The molecule has 0 aliphatic carbocycles. The van der Waals surface area contributed by atoms with Gasteiger partial charge < -0.3 is 14.4 Å². The van der Waals surface area contributed by atoms with Crippen LogP contribution in [0.25, 0.3) is 0 Å². The number of carbonyl (C=O) groups excluding carboxylic acids is 1. The van der Waals surface area contributed by atoms with Crippen LogP contribution in [0.15, 0.2) is 18.2 Å². The van der Waals surface area contributed by atoms with Gasteiger partial charge in [0.1, 0.15) is 5.60 Å². The Morgan fingerprint density at radius 2 is 2.29 bits per heavy atom. The highest BCUT2D eigenvalue weighted by atomic mass is 16.5. The Morgan fingerprint density at radius 3 is 3.04 bits per heavy atom. The summed E-state index contributed by atoms with van der Waals surface area (Å²) < 4.78 is 12.1. The average molecular weight is 332 g/mol. The second kappa shape index (κ2) is 7.62. The van der Waals surface area contributed by atoms with Crippen LogP contribution in [0.4, 0.5) is 0 Å². The number of pyridine rings is 1. The van der Waals surface area contributed by atoms with Crippen LogP contribution in [-0.4, -0.2) is 47.2 Å². The van der Waals surface area contributed by atoms with Crippen molar-refractivity contribution in [2.75, 3.05) is 19.7 Å². The molecule has 0 unspecified atom stereocenters. The predicted octanol–water partition coefficient (Wildman–Crippen LogP) is 2.86. The van der Waals surface area contributed by atoms with Gasteiger partial charge in [-0.3, -0.25) is 9.78 Å². The predicted molar refractivity (Wildman–Crippen MR) is 91.6 cm³/mol. The fourth-order valence-corrected chi connectivity index (χ4v) is 3.54. The lowest BCUT2D eigenvalue weighted by atomic mass is 9.84. The van der Waals surface area contributed by atoms with Crippen LogP contribution in [0, 0.1) is 6.92 Å².